The molecule has 7 heteroatoms. The first-order valence-electron chi connectivity index (χ1n) is 7.53. The molecule has 1 heterocycles. The maximum absolute atomic E-state index is 12.6. The molecule has 1 aromatic carbocycles. The van der Waals surface area contributed by atoms with Crippen molar-refractivity contribution in [3.05, 3.63) is 22.7 Å². The third kappa shape index (κ3) is 3.69. The van der Waals surface area contributed by atoms with Gasteiger partial charge in [0.05, 0.1) is 18.7 Å². The molecule has 0 radical (unpaired) electrons. The molecule has 1 saturated heterocycles. The van der Waals surface area contributed by atoms with Gasteiger partial charge in [-0.2, -0.15) is 0 Å². The van der Waals surface area contributed by atoms with E-state index in [4.69, 9.17) is 21.1 Å². The van der Waals surface area contributed by atoms with Gasteiger partial charge in [-0.15, -0.1) is 0 Å². The van der Waals surface area contributed by atoms with E-state index >= 15 is 0 Å². The number of amides is 1. The third-order valence-electron chi connectivity index (χ3n) is 3.73. The largest absolute Gasteiger partial charge is 0.493 e. The van der Waals surface area contributed by atoms with Crippen LogP contribution in [0.5, 0.6) is 11.5 Å². The minimum Gasteiger partial charge on any atom is -0.493 e. The number of ether oxygens (including phenoxy) is 2. The molecule has 1 fully saturated rings. The first-order valence-corrected chi connectivity index (χ1v) is 7.91. The van der Waals surface area contributed by atoms with Crippen molar-refractivity contribution in [2.24, 2.45) is 0 Å². The Labute approximate surface area is 139 Å². The van der Waals surface area contributed by atoms with Gasteiger partial charge in [0.2, 0.25) is 0 Å². The molecule has 2 rings (SSSR count). The van der Waals surface area contributed by atoms with E-state index in [-0.39, 0.29) is 10.9 Å². The van der Waals surface area contributed by atoms with Crippen LogP contribution in [0.2, 0.25) is 5.02 Å². The average Bonchev–Trinajstić information content (AvgIpc) is 3.02. The summed E-state index contributed by atoms with van der Waals surface area (Å²) in [5.41, 5.74) is 0.295. The lowest BCUT2D eigenvalue weighted by Gasteiger charge is -2.22. The van der Waals surface area contributed by atoms with Crippen LogP contribution in [0.1, 0.15) is 36.5 Å². The topological polar surface area (TPSA) is 76.1 Å². The van der Waals surface area contributed by atoms with E-state index in [1.54, 1.807) is 0 Å². The molecule has 0 bridgehead atoms. The highest BCUT2D eigenvalue weighted by Gasteiger charge is 2.35. The van der Waals surface area contributed by atoms with Gasteiger partial charge in [-0.25, -0.2) is 4.79 Å². The van der Waals surface area contributed by atoms with Crippen LogP contribution in [-0.2, 0) is 4.79 Å². The standard InChI is InChI=1S/C16H20ClNO5/c1-3-7-23-14-11(17)8-10(9-13(14)22-2)15(19)18-6-4-5-12(18)16(20)21/h8-9,12H,3-7H2,1-2H3,(H,20,21)/t12-/m1/s1. The second-order valence-corrected chi connectivity index (χ2v) is 5.74. The number of carboxylic acid groups (broad SMARTS) is 1. The number of methoxy groups -OCH3 is 1. The lowest BCUT2D eigenvalue weighted by atomic mass is 10.1. The van der Waals surface area contributed by atoms with Crippen LogP contribution >= 0.6 is 11.6 Å². The highest BCUT2D eigenvalue weighted by atomic mass is 35.5. The summed E-state index contributed by atoms with van der Waals surface area (Å²) < 4.78 is 10.8. The number of carbonyl (C=O) groups is 2. The van der Waals surface area contributed by atoms with Crippen LogP contribution in [0.25, 0.3) is 0 Å². The highest BCUT2D eigenvalue weighted by Crippen LogP contribution is 2.37. The maximum atomic E-state index is 12.6. The number of likely N-dealkylation sites (tertiary alicyclic amines) is 1. The zero-order chi connectivity index (χ0) is 17.0. The predicted molar refractivity (Wildman–Crippen MR) is 85.5 cm³/mol. The number of carboxylic acids is 1. The fourth-order valence-corrected chi connectivity index (χ4v) is 2.89. The normalized spacial score (nSPS) is 17.2. The molecule has 0 spiro atoms. The Morgan fingerprint density at radius 2 is 2.17 bits per heavy atom. The zero-order valence-corrected chi connectivity index (χ0v) is 13.9. The Hall–Kier alpha value is -1.95. The summed E-state index contributed by atoms with van der Waals surface area (Å²) in [5.74, 6) is -0.599. The van der Waals surface area contributed by atoms with Crippen molar-refractivity contribution < 1.29 is 24.2 Å². The minimum absolute atomic E-state index is 0.271. The number of halogens is 1. The van der Waals surface area contributed by atoms with Gasteiger partial charge < -0.3 is 19.5 Å². The van der Waals surface area contributed by atoms with Crippen molar-refractivity contribution in [2.75, 3.05) is 20.3 Å². The summed E-state index contributed by atoms with van der Waals surface area (Å²) in [6, 6.07) is 2.24. The van der Waals surface area contributed by atoms with Crippen molar-refractivity contribution in [3.63, 3.8) is 0 Å². The zero-order valence-electron chi connectivity index (χ0n) is 13.2. The third-order valence-corrected chi connectivity index (χ3v) is 4.01. The Bertz CT molecular complexity index is 604. The molecule has 0 aliphatic carbocycles. The Kier molecular flexibility index (Phi) is 5.71. The molecule has 1 atom stereocenters. The highest BCUT2D eigenvalue weighted by molar-refractivity contribution is 6.32. The SMILES string of the molecule is CCCOc1c(Cl)cc(C(=O)N2CCC[C@@H]2C(=O)O)cc1OC. The first kappa shape index (κ1) is 17.4. The summed E-state index contributed by atoms with van der Waals surface area (Å²) in [4.78, 5) is 25.2. The average molecular weight is 342 g/mol. The fraction of sp³-hybridized carbons (Fsp3) is 0.500. The Morgan fingerprint density at radius 1 is 1.43 bits per heavy atom. The number of hydrogen-bond acceptors (Lipinski definition) is 4. The molecular weight excluding hydrogens is 322 g/mol. The lowest BCUT2D eigenvalue weighted by molar-refractivity contribution is -0.141. The number of benzene rings is 1. The number of carbonyl (C=O) groups excluding carboxylic acids is 1. The van der Waals surface area contributed by atoms with Gasteiger partial charge in [0.15, 0.2) is 11.5 Å². The van der Waals surface area contributed by atoms with Crippen molar-refractivity contribution in [1.82, 2.24) is 4.90 Å². The lowest BCUT2D eigenvalue weighted by Crippen LogP contribution is -2.40. The fourth-order valence-electron chi connectivity index (χ4n) is 2.62. The molecule has 1 aliphatic rings. The van der Waals surface area contributed by atoms with E-state index < -0.39 is 12.0 Å². The van der Waals surface area contributed by atoms with Crippen LogP contribution in [0.15, 0.2) is 12.1 Å². The molecule has 1 aromatic rings. The van der Waals surface area contributed by atoms with Gasteiger partial charge >= 0.3 is 5.97 Å². The quantitative estimate of drug-likeness (QED) is 0.861. The van der Waals surface area contributed by atoms with Gasteiger partial charge in [0, 0.05) is 12.1 Å². The van der Waals surface area contributed by atoms with E-state index in [1.165, 1.54) is 24.1 Å². The van der Waals surface area contributed by atoms with E-state index in [2.05, 4.69) is 0 Å². The second kappa shape index (κ2) is 7.55. The van der Waals surface area contributed by atoms with Gasteiger partial charge in [-0.3, -0.25) is 4.79 Å². The summed E-state index contributed by atoms with van der Waals surface area (Å²) in [7, 11) is 1.47. The number of hydrogen-bond donors (Lipinski definition) is 1. The smallest absolute Gasteiger partial charge is 0.326 e. The summed E-state index contributed by atoms with van der Waals surface area (Å²) in [6.07, 6.45) is 1.95. The van der Waals surface area contributed by atoms with Crippen molar-refractivity contribution in [3.8, 4) is 11.5 Å². The van der Waals surface area contributed by atoms with Crippen LogP contribution in [-0.4, -0.2) is 48.2 Å². The minimum atomic E-state index is -0.989. The number of aliphatic carboxylic acids is 1. The summed E-state index contributed by atoms with van der Waals surface area (Å²) >= 11 is 6.21. The Balaban J connectivity index is 2.30. The number of nitrogens with zero attached hydrogens (tertiary/aromatic N) is 1. The van der Waals surface area contributed by atoms with Gasteiger partial charge in [-0.05, 0) is 31.4 Å². The molecule has 1 aliphatic heterocycles. The molecule has 126 valence electrons. The van der Waals surface area contributed by atoms with Crippen LogP contribution in [0, 0.1) is 0 Å². The van der Waals surface area contributed by atoms with Crippen molar-refractivity contribution in [2.45, 2.75) is 32.2 Å². The first-order chi connectivity index (χ1) is 11.0. The molecule has 0 saturated carbocycles. The molecule has 0 aromatic heterocycles. The molecule has 1 amide bonds. The van der Waals surface area contributed by atoms with Crippen molar-refractivity contribution in [1.29, 1.82) is 0 Å². The molecule has 0 unspecified atom stereocenters. The number of rotatable bonds is 6. The van der Waals surface area contributed by atoms with E-state index in [0.29, 0.717) is 43.1 Å². The predicted octanol–water partition coefficient (Wildman–Crippen LogP) is 2.83. The van der Waals surface area contributed by atoms with E-state index in [1.807, 2.05) is 6.92 Å². The monoisotopic (exact) mass is 341 g/mol. The molecule has 1 N–H and O–H groups in total. The molecular formula is C16H20ClNO5. The summed E-state index contributed by atoms with van der Waals surface area (Å²) in [5, 5.41) is 9.48. The molecule has 23 heavy (non-hydrogen) atoms. The van der Waals surface area contributed by atoms with Gasteiger partial charge in [0.25, 0.3) is 5.91 Å². The van der Waals surface area contributed by atoms with E-state index in [9.17, 15) is 14.7 Å². The van der Waals surface area contributed by atoms with Crippen LogP contribution < -0.4 is 9.47 Å². The van der Waals surface area contributed by atoms with Crippen LogP contribution in [0.4, 0.5) is 0 Å². The van der Waals surface area contributed by atoms with Crippen LogP contribution in [0.3, 0.4) is 0 Å². The van der Waals surface area contributed by atoms with Gasteiger partial charge in [-0.1, -0.05) is 18.5 Å². The summed E-state index contributed by atoms with van der Waals surface area (Å²) in [6.45, 7) is 2.87. The second-order valence-electron chi connectivity index (χ2n) is 5.33. The van der Waals surface area contributed by atoms with Gasteiger partial charge in [0.1, 0.15) is 6.04 Å². The Morgan fingerprint density at radius 3 is 2.78 bits per heavy atom. The van der Waals surface area contributed by atoms with E-state index in [0.717, 1.165) is 6.42 Å². The van der Waals surface area contributed by atoms with Crippen molar-refractivity contribution >= 4 is 23.5 Å². The molecule has 6 nitrogen and oxygen atoms in total. The maximum Gasteiger partial charge on any atom is 0.326 e.